The van der Waals surface area contributed by atoms with Gasteiger partial charge in [0, 0.05) is 16.7 Å². The molecule has 0 bridgehead atoms. The quantitative estimate of drug-likeness (QED) is 0.657. The van der Waals surface area contributed by atoms with Crippen LogP contribution < -0.4 is 14.8 Å². The number of amides is 1. The van der Waals surface area contributed by atoms with Gasteiger partial charge in [-0.1, -0.05) is 22.9 Å². The summed E-state index contributed by atoms with van der Waals surface area (Å²) in [6, 6.07) is 11.8. The SMILES string of the molecule is CCCNS(=O)(=O)c1ccc(OCC(=O)Nc2ccc(Br)cc2)c(C)c1. The van der Waals surface area contributed by atoms with E-state index in [1.54, 1.807) is 25.1 Å². The van der Waals surface area contributed by atoms with E-state index in [0.29, 0.717) is 30.0 Å². The van der Waals surface area contributed by atoms with Gasteiger partial charge in [-0.05, 0) is 61.4 Å². The van der Waals surface area contributed by atoms with Crippen LogP contribution in [0.1, 0.15) is 18.9 Å². The number of aryl methyl sites for hydroxylation is 1. The largest absolute Gasteiger partial charge is 0.483 e. The van der Waals surface area contributed by atoms with Gasteiger partial charge < -0.3 is 10.1 Å². The lowest BCUT2D eigenvalue weighted by Crippen LogP contribution is -2.24. The molecule has 0 radical (unpaired) electrons. The summed E-state index contributed by atoms with van der Waals surface area (Å²) in [6.45, 7) is 3.85. The zero-order valence-electron chi connectivity index (χ0n) is 14.6. The number of carbonyl (C=O) groups excluding carboxylic acids is 1. The first kappa shape index (κ1) is 20.4. The van der Waals surface area contributed by atoms with Crippen LogP contribution in [0, 0.1) is 6.92 Å². The maximum atomic E-state index is 12.1. The molecule has 0 fully saturated rings. The van der Waals surface area contributed by atoms with E-state index in [2.05, 4.69) is 26.0 Å². The second-order valence-electron chi connectivity index (χ2n) is 5.67. The van der Waals surface area contributed by atoms with Crippen molar-refractivity contribution in [3.05, 3.63) is 52.5 Å². The maximum absolute atomic E-state index is 12.1. The normalized spacial score (nSPS) is 11.2. The fourth-order valence-electron chi connectivity index (χ4n) is 2.14. The van der Waals surface area contributed by atoms with Gasteiger partial charge in [-0.15, -0.1) is 0 Å². The van der Waals surface area contributed by atoms with Crippen molar-refractivity contribution in [2.24, 2.45) is 0 Å². The van der Waals surface area contributed by atoms with Crippen molar-refractivity contribution in [3.63, 3.8) is 0 Å². The summed E-state index contributed by atoms with van der Waals surface area (Å²) >= 11 is 3.33. The Hall–Kier alpha value is -1.90. The number of rotatable bonds is 8. The van der Waals surface area contributed by atoms with Crippen molar-refractivity contribution in [2.45, 2.75) is 25.2 Å². The van der Waals surface area contributed by atoms with Gasteiger partial charge in [-0.2, -0.15) is 0 Å². The van der Waals surface area contributed by atoms with E-state index in [-0.39, 0.29) is 17.4 Å². The standard InChI is InChI=1S/C18H21BrN2O4S/c1-3-10-20-26(23,24)16-8-9-17(13(2)11-16)25-12-18(22)21-15-6-4-14(19)5-7-15/h4-9,11,20H,3,10,12H2,1-2H3,(H,21,22). The Labute approximate surface area is 162 Å². The van der Waals surface area contributed by atoms with E-state index >= 15 is 0 Å². The number of ether oxygens (including phenoxy) is 1. The molecule has 0 heterocycles. The highest BCUT2D eigenvalue weighted by Gasteiger charge is 2.15. The van der Waals surface area contributed by atoms with Gasteiger partial charge in [0.1, 0.15) is 5.75 Å². The summed E-state index contributed by atoms with van der Waals surface area (Å²) in [7, 11) is -3.53. The minimum atomic E-state index is -3.53. The molecular formula is C18H21BrN2O4S. The molecule has 2 aromatic carbocycles. The van der Waals surface area contributed by atoms with Gasteiger partial charge in [0.15, 0.2) is 6.61 Å². The minimum Gasteiger partial charge on any atom is -0.483 e. The van der Waals surface area contributed by atoms with Crippen LogP contribution in [0.3, 0.4) is 0 Å². The van der Waals surface area contributed by atoms with Crippen LogP contribution in [0.4, 0.5) is 5.69 Å². The van der Waals surface area contributed by atoms with Gasteiger partial charge in [-0.3, -0.25) is 4.79 Å². The average Bonchev–Trinajstić information content (AvgIpc) is 2.61. The highest BCUT2D eigenvalue weighted by atomic mass is 79.9. The Balaban J connectivity index is 1.97. The first-order valence-corrected chi connectivity index (χ1v) is 10.4. The summed E-state index contributed by atoms with van der Waals surface area (Å²) in [6.07, 6.45) is 0.715. The molecule has 0 aliphatic heterocycles. The first-order valence-electron chi connectivity index (χ1n) is 8.10. The van der Waals surface area contributed by atoms with Gasteiger partial charge in [0.2, 0.25) is 10.0 Å². The molecule has 0 saturated carbocycles. The van der Waals surface area contributed by atoms with Gasteiger partial charge in [0.05, 0.1) is 4.90 Å². The number of nitrogens with one attached hydrogen (secondary N) is 2. The lowest BCUT2D eigenvalue weighted by atomic mass is 10.2. The number of carbonyl (C=O) groups is 1. The van der Waals surface area contributed by atoms with Crippen LogP contribution in [-0.2, 0) is 14.8 Å². The van der Waals surface area contributed by atoms with Crippen molar-refractivity contribution in [1.29, 1.82) is 0 Å². The lowest BCUT2D eigenvalue weighted by Gasteiger charge is -2.12. The molecule has 2 N–H and O–H groups in total. The van der Waals surface area contributed by atoms with Crippen molar-refractivity contribution < 1.29 is 17.9 Å². The maximum Gasteiger partial charge on any atom is 0.262 e. The molecular weight excluding hydrogens is 420 g/mol. The van der Waals surface area contributed by atoms with E-state index < -0.39 is 10.0 Å². The highest BCUT2D eigenvalue weighted by molar-refractivity contribution is 9.10. The third-order valence-electron chi connectivity index (χ3n) is 3.49. The molecule has 2 rings (SSSR count). The van der Waals surface area contributed by atoms with Crippen molar-refractivity contribution in [1.82, 2.24) is 4.72 Å². The summed E-state index contributed by atoms with van der Waals surface area (Å²) in [5.41, 5.74) is 1.31. The summed E-state index contributed by atoms with van der Waals surface area (Å²) in [5, 5.41) is 2.73. The smallest absolute Gasteiger partial charge is 0.262 e. The third kappa shape index (κ3) is 5.82. The van der Waals surface area contributed by atoms with Crippen LogP contribution >= 0.6 is 15.9 Å². The minimum absolute atomic E-state index is 0.170. The summed E-state index contributed by atoms with van der Waals surface area (Å²) in [5.74, 6) is 0.165. The molecule has 2 aromatic rings. The second-order valence-corrected chi connectivity index (χ2v) is 8.35. The summed E-state index contributed by atoms with van der Waals surface area (Å²) < 4.78 is 33.2. The van der Waals surface area contributed by atoms with Crippen LogP contribution in [-0.4, -0.2) is 27.5 Å². The number of sulfonamides is 1. The molecule has 0 spiro atoms. The molecule has 26 heavy (non-hydrogen) atoms. The van der Waals surface area contributed by atoms with E-state index in [1.165, 1.54) is 12.1 Å². The number of hydrogen-bond acceptors (Lipinski definition) is 4. The summed E-state index contributed by atoms with van der Waals surface area (Å²) in [4.78, 5) is 12.1. The molecule has 0 saturated heterocycles. The molecule has 0 aliphatic rings. The zero-order valence-corrected chi connectivity index (χ0v) is 17.0. The zero-order chi connectivity index (χ0) is 19.2. The van der Waals surface area contributed by atoms with Crippen LogP contribution in [0.5, 0.6) is 5.75 Å². The fourth-order valence-corrected chi connectivity index (χ4v) is 3.63. The molecule has 1 amide bonds. The second kappa shape index (κ2) is 9.16. The van der Waals surface area contributed by atoms with Crippen molar-refractivity contribution in [3.8, 4) is 5.75 Å². The molecule has 0 unspecified atom stereocenters. The fraction of sp³-hybridized carbons (Fsp3) is 0.278. The number of hydrogen-bond donors (Lipinski definition) is 2. The molecule has 140 valence electrons. The predicted molar refractivity (Wildman–Crippen MR) is 105 cm³/mol. The van der Waals surface area contributed by atoms with Crippen LogP contribution in [0.2, 0.25) is 0 Å². The molecule has 0 atom stereocenters. The Morgan fingerprint density at radius 2 is 1.85 bits per heavy atom. The van der Waals surface area contributed by atoms with Crippen molar-refractivity contribution >= 4 is 37.5 Å². The van der Waals surface area contributed by atoms with Crippen LogP contribution in [0.15, 0.2) is 51.8 Å². The van der Waals surface area contributed by atoms with Gasteiger partial charge >= 0.3 is 0 Å². The first-order chi connectivity index (χ1) is 12.3. The number of anilines is 1. The lowest BCUT2D eigenvalue weighted by molar-refractivity contribution is -0.118. The highest BCUT2D eigenvalue weighted by Crippen LogP contribution is 2.22. The van der Waals surface area contributed by atoms with Crippen LogP contribution in [0.25, 0.3) is 0 Å². The monoisotopic (exact) mass is 440 g/mol. The molecule has 0 aromatic heterocycles. The average molecular weight is 441 g/mol. The van der Waals surface area contributed by atoms with Gasteiger partial charge in [-0.25, -0.2) is 13.1 Å². The number of benzene rings is 2. The van der Waals surface area contributed by atoms with E-state index in [4.69, 9.17) is 4.74 Å². The number of halogens is 1. The third-order valence-corrected chi connectivity index (χ3v) is 5.47. The Morgan fingerprint density at radius 3 is 2.46 bits per heavy atom. The Kier molecular flexibility index (Phi) is 7.19. The van der Waals surface area contributed by atoms with Crippen molar-refractivity contribution in [2.75, 3.05) is 18.5 Å². The Morgan fingerprint density at radius 1 is 1.15 bits per heavy atom. The topological polar surface area (TPSA) is 84.5 Å². The molecule has 0 aliphatic carbocycles. The predicted octanol–water partition coefficient (Wildman–Crippen LogP) is 3.46. The Bertz CT molecular complexity index is 867. The van der Waals surface area contributed by atoms with E-state index in [0.717, 1.165) is 4.47 Å². The van der Waals surface area contributed by atoms with E-state index in [9.17, 15) is 13.2 Å². The van der Waals surface area contributed by atoms with Gasteiger partial charge in [0.25, 0.3) is 5.91 Å². The molecule has 6 nitrogen and oxygen atoms in total. The van der Waals surface area contributed by atoms with E-state index in [1.807, 2.05) is 19.1 Å². The molecule has 8 heteroatoms.